The van der Waals surface area contributed by atoms with Crippen molar-refractivity contribution in [1.82, 2.24) is 9.97 Å². The maximum absolute atomic E-state index is 10.7. The van der Waals surface area contributed by atoms with Gasteiger partial charge in [0.15, 0.2) is 0 Å². The number of aromatic nitrogens is 2. The minimum Gasteiger partial charge on any atom is -0.365 e. The van der Waals surface area contributed by atoms with E-state index in [1.165, 1.54) is 0 Å². The minimum absolute atomic E-state index is 0.0139. The number of aryl methyl sites for hydroxylation is 1. The van der Waals surface area contributed by atoms with E-state index >= 15 is 0 Å². The Balaban J connectivity index is 3.38. The number of carbonyl (C=O) groups is 1. The summed E-state index contributed by atoms with van der Waals surface area (Å²) < 4.78 is 0. The van der Waals surface area contributed by atoms with Crippen molar-refractivity contribution in [3.8, 4) is 0 Å². The van der Waals surface area contributed by atoms with Crippen molar-refractivity contribution >= 4 is 29.1 Å². The Morgan fingerprint density at radius 1 is 1.33 bits per heavy atom. The van der Waals surface area contributed by atoms with Crippen LogP contribution in [-0.2, 0) is 0 Å². The van der Waals surface area contributed by atoms with Crippen LogP contribution in [0.15, 0.2) is 0 Å². The van der Waals surface area contributed by atoms with Crippen molar-refractivity contribution in [1.29, 1.82) is 0 Å². The Hall–Kier alpha value is -0.870. The summed E-state index contributed by atoms with van der Waals surface area (Å²) in [6.07, 6.45) is 0. The Kier molecular flexibility index (Phi) is 2.49. The SMILES string of the molecule is Cc1nc(Cl)c(C(N)=O)c(Cl)n1. The first-order valence-corrected chi connectivity index (χ1v) is 3.77. The van der Waals surface area contributed by atoms with Gasteiger partial charge in [0.25, 0.3) is 5.91 Å². The third kappa shape index (κ3) is 1.65. The van der Waals surface area contributed by atoms with Gasteiger partial charge in [-0.15, -0.1) is 0 Å². The van der Waals surface area contributed by atoms with Crippen molar-refractivity contribution in [2.24, 2.45) is 5.73 Å². The van der Waals surface area contributed by atoms with Crippen molar-refractivity contribution < 1.29 is 4.79 Å². The lowest BCUT2D eigenvalue weighted by Crippen LogP contribution is -2.14. The molecule has 1 aromatic heterocycles. The molecule has 0 unspecified atom stereocenters. The van der Waals surface area contributed by atoms with Gasteiger partial charge in [-0.05, 0) is 6.92 Å². The number of halogens is 2. The van der Waals surface area contributed by atoms with Crippen LogP contribution in [0.5, 0.6) is 0 Å². The van der Waals surface area contributed by atoms with Gasteiger partial charge in [0.05, 0.1) is 0 Å². The van der Waals surface area contributed by atoms with Crippen molar-refractivity contribution in [3.63, 3.8) is 0 Å². The first kappa shape index (κ1) is 9.22. The lowest BCUT2D eigenvalue weighted by Gasteiger charge is -2.01. The zero-order chi connectivity index (χ0) is 9.30. The molecule has 64 valence electrons. The highest BCUT2D eigenvalue weighted by Crippen LogP contribution is 2.19. The van der Waals surface area contributed by atoms with E-state index in [-0.39, 0.29) is 15.9 Å². The third-order valence-electron chi connectivity index (χ3n) is 1.18. The Morgan fingerprint density at radius 3 is 2.08 bits per heavy atom. The fourth-order valence-corrected chi connectivity index (χ4v) is 1.37. The van der Waals surface area contributed by atoms with Gasteiger partial charge in [-0.25, -0.2) is 9.97 Å². The van der Waals surface area contributed by atoms with Gasteiger partial charge in [0.2, 0.25) is 0 Å². The summed E-state index contributed by atoms with van der Waals surface area (Å²) >= 11 is 11.2. The monoisotopic (exact) mass is 205 g/mol. The van der Waals surface area contributed by atoms with Crippen LogP contribution < -0.4 is 5.73 Å². The van der Waals surface area contributed by atoms with Gasteiger partial charge in [-0.2, -0.15) is 0 Å². The number of nitrogens with two attached hydrogens (primary N) is 1. The molecule has 0 aliphatic rings. The Labute approximate surface area is 78.7 Å². The highest BCUT2D eigenvalue weighted by atomic mass is 35.5. The van der Waals surface area contributed by atoms with Gasteiger partial charge < -0.3 is 5.73 Å². The van der Waals surface area contributed by atoms with Crippen LogP contribution in [0.2, 0.25) is 10.3 Å². The van der Waals surface area contributed by atoms with Crippen LogP contribution in [-0.4, -0.2) is 15.9 Å². The van der Waals surface area contributed by atoms with Crippen LogP contribution in [0.4, 0.5) is 0 Å². The lowest BCUT2D eigenvalue weighted by atomic mass is 10.3. The predicted molar refractivity (Wildman–Crippen MR) is 45.3 cm³/mol. The molecule has 1 rings (SSSR count). The van der Waals surface area contributed by atoms with Crippen LogP contribution in [0.25, 0.3) is 0 Å². The van der Waals surface area contributed by atoms with Gasteiger partial charge in [0.1, 0.15) is 21.7 Å². The molecule has 0 spiro atoms. The third-order valence-corrected chi connectivity index (χ3v) is 1.73. The molecule has 0 aliphatic heterocycles. The Morgan fingerprint density at radius 2 is 1.75 bits per heavy atom. The number of amides is 1. The summed E-state index contributed by atoms with van der Waals surface area (Å²) in [5.74, 6) is -0.333. The molecule has 1 amide bonds. The van der Waals surface area contributed by atoms with Crippen LogP contribution in [0.1, 0.15) is 16.2 Å². The van der Waals surface area contributed by atoms with E-state index in [9.17, 15) is 4.79 Å². The van der Waals surface area contributed by atoms with Gasteiger partial charge in [0, 0.05) is 0 Å². The van der Waals surface area contributed by atoms with Crippen LogP contribution in [0, 0.1) is 6.92 Å². The molecule has 1 heterocycles. The fourth-order valence-electron chi connectivity index (χ4n) is 0.709. The molecule has 0 aromatic carbocycles. The lowest BCUT2D eigenvalue weighted by molar-refractivity contribution is 0.1000. The molecule has 12 heavy (non-hydrogen) atoms. The highest BCUT2D eigenvalue weighted by molar-refractivity contribution is 6.38. The topological polar surface area (TPSA) is 68.9 Å². The van der Waals surface area contributed by atoms with Crippen LogP contribution >= 0.6 is 23.2 Å². The summed E-state index contributed by atoms with van der Waals surface area (Å²) in [7, 11) is 0. The average molecular weight is 206 g/mol. The molecule has 0 bridgehead atoms. The van der Waals surface area contributed by atoms with E-state index in [1.807, 2.05) is 0 Å². The van der Waals surface area contributed by atoms with Crippen molar-refractivity contribution in [2.45, 2.75) is 6.92 Å². The highest BCUT2D eigenvalue weighted by Gasteiger charge is 2.14. The summed E-state index contributed by atoms with van der Waals surface area (Å²) in [5.41, 5.74) is 4.94. The van der Waals surface area contributed by atoms with Crippen molar-refractivity contribution in [2.75, 3.05) is 0 Å². The van der Waals surface area contributed by atoms with E-state index < -0.39 is 5.91 Å². The smallest absolute Gasteiger partial charge is 0.254 e. The zero-order valence-electron chi connectivity index (χ0n) is 6.14. The second-order valence-corrected chi connectivity index (χ2v) is 2.81. The zero-order valence-corrected chi connectivity index (χ0v) is 7.65. The first-order chi connectivity index (χ1) is 5.52. The number of rotatable bonds is 1. The molecule has 4 nitrogen and oxygen atoms in total. The predicted octanol–water partition coefficient (Wildman–Crippen LogP) is 1.19. The normalized spacial score (nSPS) is 9.92. The van der Waals surface area contributed by atoms with Gasteiger partial charge in [-0.3, -0.25) is 4.79 Å². The summed E-state index contributed by atoms with van der Waals surface area (Å²) in [6, 6.07) is 0. The number of primary amides is 1. The maximum Gasteiger partial charge on any atom is 0.254 e. The molecule has 6 heteroatoms. The summed E-state index contributed by atoms with van der Waals surface area (Å²) in [4.78, 5) is 18.2. The van der Waals surface area contributed by atoms with Gasteiger partial charge >= 0.3 is 0 Å². The van der Waals surface area contributed by atoms with Crippen molar-refractivity contribution in [3.05, 3.63) is 21.7 Å². The molecule has 0 aliphatic carbocycles. The fraction of sp³-hybridized carbons (Fsp3) is 0.167. The summed E-state index contributed by atoms with van der Waals surface area (Å²) in [6.45, 7) is 1.61. The molecule has 2 N–H and O–H groups in total. The quantitative estimate of drug-likeness (QED) is 0.701. The molecular formula is C6H5Cl2N3O. The average Bonchev–Trinajstić information content (AvgIpc) is 1.82. The van der Waals surface area contributed by atoms with E-state index in [2.05, 4.69) is 9.97 Å². The number of hydrogen-bond acceptors (Lipinski definition) is 3. The largest absolute Gasteiger partial charge is 0.365 e. The minimum atomic E-state index is -0.731. The van der Waals surface area contributed by atoms with E-state index in [4.69, 9.17) is 28.9 Å². The number of hydrogen-bond donors (Lipinski definition) is 1. The molecule has 0 atom stereocenters. The number of nitrogens with zero attached hydrogens (tertiary/aromatic N) is 2. The standard InChI is InChI=1S/C6H5Cl2N3O/c1-2-10-4(7)3(6(9)12)5(8)11-2/h1H3,(H2,9,12). The maximum atomic E-state index is 10.7. The number of carbonyl (C=O) groups excluding carboxylic acids is 1. The summed E-state index contributed by atoms with van der Waals surface area (Å²) in [5, 5.41) is -0.0278. The second kappa shape index (κ2) is 3.25. The first-order valence-electron chi connectivity index (χ1n) is 3.02. The second-order valence-electron chi connectivity index (χ2n) is 2.09. The molecular weight excluding hydrogens is 201 g/mol. The molecule has 0 radical (unpaired) electrons. The molecule has 1 aromatic rings. The Bertz CT molecular complexity index is 317. The molecule has 0 saturated carbocycles. The van der Waals surface area contributed by atoms with E-state index in [0.29, 0.717) is 5.82 Å². The molecule has 0 saturated heterocycles. The molecule has 0 fully saturated rings. The van der Waals surface area contributed by atoms with E-state index in [0.717, 1.165) is 0 Å². The van der Waals surface area contributed by atoms with E-state index in [1.54, 1.807) is 6.92 Å². The van der Waals surface area contributed by atoms with Crippen LogP contribution in [0.3, 0.4) is 0 Å². The van der Waals surface area contributed by atoms with Gasteiger partial charge in [-0.1, -0.05) is 23.2 Å².